The normalized spacial score (nSPS) is 26.3. The fourth-order valence-electron chi connectivity index (χ4n) is 11.8. The maximum absolute atomic E-state index is 16.2. The Hall–Kier alpha value is -5.82. The van der Waals surface area contributed by atoms with Gasteiger partial charge in [-0.25, -0.2) is 0 Å². The van der Waals surface area contributed by atoms with Crippen molar-refractivity contribution in [1.29, 1.82) is 0 Å². The molecule has 1 saturated heterocycles. The third kappa shape index (κ3) is 24.4. The zero-order valence-electron chi connectivity index (χ0n) is 62.1. The molecule has 0 aromatic heterocycles. The highest BCUT2D eigenvalue weighted by molar-refractivity contribution is 8.01. The quantitative estimate of drug-likeness (QED) is 0.0573. The molecule has 12 atom stereocenters. The van der Waals surface area contributed by atoms with E-state index in [1.54, 1.807) is 47.6 Å². The molecular formula is C69H126N12O12S. The number of rotatable bonds is 23. The Bertz CT molecular complexity index is 2530. The third-order valence-corrected chi connectivity index (χ3v) is 19.6. The van der Waals surface area contributed by atoms with Crippen LogP contribution >= 0.6 is 11.8 Å². The molecule has 0 aromatic rings. The van der Waals surface area contributed by atoms with Crippen molar-refractivity contribution in [3.8, 4) is 0 Å². The fourth-order valence-corrected chi connectivity index (χ4v) is 13.3. The first-order valence-corrected chi connectivity index (χ1v) is 35.3. The van der Waals surface area contributed by atoms with Crippen molar-refractivity contribution in [2.45, 2.75) is 248 Å². The van der Waals surface area contributed by atoms with Crippen LogP contribution in [0.15, 0.2) is 12.2 Å². The number of carbonyl (C=O) groups excluding carboxylic acids is 11. The second-order valence-electron chi connectivity index (χ2n) is 28.5. The van der Waals surface area contributed by atoms with Gasteiger partial charge in [-0.1, -0.05) is 129 Å². The summed E-state index contributed by atoms with van der Waals surface area (Å²) >= 11 is 1.20. The molecule has 1 aliphatic heterocycles. The van der Waals surface area contributed by atoms with Gasteiger partial charge in [-0.3, -0.25) is 52.7 Å². The highest BCUT2D eigenvalue weighted by Gasteiger charge is 2.54. The molecular weight excluding hydrogens is 1220 g/mol. The van der Waals surface area contributed by atoms with Crippen LogP contribution in [0.5, 0.6) is 0 Å². The maximum atomic E-state index is 16.2. The minimum absolute atomic E-state index is 0.0114. The topological polar surface area (TPSA) is 291 Å². The fraction of sp³-hybridized carbons (Fsp3) is 0.812. The number of amides is 11. The van der Waals surface area contributed by atoms with Crippen LogP contribution in [-0.2, 0) is 52.7 Å². The molecule has 0 spiro atoms. The Kier molecular flexibility index (Phi) is 37.3. The summed E-state index contributed by atoms with van der Waals surface area (Å²) in [7, 11) is 10.1. The second-order valence-corrected chi connectivity index (χ2v) is 29.8. The van der Waals surface area contributed by atoms with Gasteiger partial charge < -0.3 is 66.0 Å². The Balaban J connectivity index is 4.57. The molecule has 0 saturated carbocycles. The molecule has 25 heteroatoms. The molecule has 94 heavy (non-hydrogen) atoms. The van der Waals surface area contributed by atoms with E-state index in [9.17, 15) is 38.7 Å². The Morgan fingerprint density at radius 2 is 1.03 bits per heavy atom. The smallest absolute Gasteiger partial charge is 0.259 e. The number of aliphatic hydroxyl groups is 1. The van der Waals surface area contributed by atoms with E-state index < -0.39 is 155 Å². The van der Waals surface area contributed by atoms with Crippen molar-refractivity contribution in [3.05, 3.63) is 12.2 Å². The summed E-state index contributed by atoms with van der Waals surface area (Å²) in [5.74, 6) is -9.62. The monoisotopic (exact) mass is 1350 g/mol. The van der Waals surface area contributed by atoms with Gasteiger partial charge in [0.25, 0.3) is 5.91 Å². The number of allylic oxidation sites excluding steroid dienone is 2. The number of hydrogen-bond acceptors (Lipinski definition) is 14. The van der Waals surface area contributed by atoms with Crippen LogP contribution in [0.4, 0.5) is 0 Å². The van der Waals surface area contributed by atoms with Gasteiger partial charge in [-0.05, 0) is 114 Å². The minimum atomic E-state index is -1.82. The number of hydrogen-bond donors (Lipinski definition) is 6. The number of nitrogens with one attached hydrogen (secondary N) is 5. The van der Waals surface area contributed by atoms with E-state index in [0.717, 1.165) is 29.1 Å². The van der Waals surface area contributed by atoms with Crippen molar-refractivity contribution in [2.75, 3.05) is 74.7 Å². The van der Waals surface area contributed by atoms with Gasteiger partial charge in [0.05, 0.1) is 12.6 Å². The number of carbonyl (C=O) groups is 11. The maximum Gasteiger partial charge on any atom is 0.259 e. The van der Waals surface area contributed by atoms with Crippen LogP contribution in [0.2, 0.25) is 0 Å². The lowest BCUT2D eigenvalue weighted by molar-refractivity contribution is -0.159. The molecule has 0 aromatic carbocycles. The van der Waals surface area contributed by atoms with E-state index in [0.29, 0.717) is 25.3 Å². The van der Waals surface area contributed by atoms with Crippen molar-refractivity contribution < 1.29 is 57.8 Å². The van der Waals surface area contributed by atoms with E-state index >= 15 is 19.2 Å². The van der Waals surface area contributed by atoms with Crippen molar-refractivity contribution >= 4 is 76.7 Å². The zero-order valence-corrected chi connectivity index (χ0v) is 63.0. The third-order valence-electron chi connectivity index (χ3n) is 17.9. The van der Waals surface area contributed by atoms with Crippen LogP contribution in [-0.4, -0.2) is 244 Å². The SMILES string of the molecule is C/C=C/C[C@@H](C)[C@@H](O)[C@H]1C(=O)N[C@@H](CC)C(=O)N(C)CC(=O)N(C)[C@@H](CC(C)C)C(=O)N[C@@H](C(C)C)C(=O)N(C)[C@@H](CC(C)C)C(=O)N[C@@H](C)C(=O)N[C@H](C)C(=O)N(C)[C@@H](CC(C)C)C(=O)N(C)[C@@H](CC(C)C)C(=O)N(C)[C@](SCCNCCCCC)(C(C)C)C(=O)N1C. The molecule has 540 valence electrons. The van der Waals surface area contributed by atoms with Crippen molar-refractivity contribution in [2.24, 2.45) is 41.4 Å². The summed E-state index contributed by atoms with van der Waals surface area (Å²) in [5, 5.41) is 27.0. The first-order chi connectivity index (χ1) is 43.6. The van der Waals surface area contributed by atoms with Gasteiger partial charge in [0, 0.05) is 61.6 Å². The predicted molar refractivity (Wildman–Crippen MR) is 372 cm³/mol. The average molecular weight is 1350 g/mol. The molecule has 6 N–H and O–H groups in total. The minimum Gasteiger partial charge on any atom is -0.390 e. The average Bonchev–Trinajstić information content (AvgIpc) is 0.768. The molecule has 0 aliphatic carbocycles. The summed E-state index contributed by atoms with van der Waals surface area (Å²) < 4.78 is 0. The second kappa shape index (κ2) is 40.7. The van der Waals surface area contributed by atoms with Crippen molar-refractivity contribution in [1.82, 2.24) is 60.9 Å². The first kappa shape index (κ1) is 86.2. The molecule has 11 amide bonds. The summed E-state index contributed by atoms with van der Waals surface area (Å²) in [6.07, 6.45) is 5.91. The number of thioether (sulfide) groups is 1. The largest absolute Gasteiger partial charge is 0.390 e. The molecule has 1 rings (SSSR count). The van der Waals surface area contributed by atoms with Crippen molar-refractivity contribution in [3.63, 3.8) is 0 Å². The Morgan fingerprint density at radius 3 is 1.52 bits per heavy atom. The number of unbranched alkanes of at least 4 members (excludes halogenated alkanes) is 2. The number of likely N-dealkylation sites (N-methyl/N-ethyl adjacent to an activating group) is 7. The van der Waals surface area contributed by atoms with Gasteiger partial charge in [0.2, 0.25) is 59.1 Å². The molecule has 0 unspecified atom stereocenters. The van der Waals surface area contributed by atoms with E-state index in [2.05, 4.69) is 33.5 Å². The van der Waals surface area contributed by atoms with Crippen LogP contribution in [0.25, 0.3) is 0 Å². The molecule has 0 bridgehead atoms. The van der Waals surface area contributed by atoms with Crippen LogP contribution in [0.1, 0.15) is 182 Å². The van der Waals surface area contributed by atoms with Crippen LogP contribution in [0.3, 0.4) is 0 Å². The van der Waals surface area contributed by atoms with Gasteiger partial charge in [-0.15, -0.1) is 11.8 Å². The molecule has 1 fully saturated rings. The van der Waals surface area contributed by atoms with Gasteiger partial charge in [0.15, 0.2) is 4.87 Å². The van der Waals surface area contributed by atoms with E-state index in [1.165, 1.54) is 99.4 Å². The molecule has 0 radical (unpaired) electrons. The lowest BCUT2D eigenvalue weighted by Gasteiger charge is -2.48. The zero-order chi connectivity index (χ0) is 72.6. The molecule has 24 nitrogen and oxygen atoms in total. The van der Waals surface area contributed by atoms with Crippen LogP contribution in [0, 0.1) is 41.4 Å². The number of nitrogens with zero attached hydrogens (tertiary/aromatic N) is 7. The lowest BCUT2D eigenvalue weighted by atomic mass is 9.91. The first-order valence-electron chi connectivity index (χ1n) is 34.4. The van der Waals surface area contributed by atoms with E-state index in [-0.39, 0.29) is 55.8 Å². The standard InChI is InChI=1S/C69H126N12O12S/c1-26-29-31-33-70-34-35-94-69(46(14)15)68(93)80(24)57(58(83)47(16)32-30-27-2)62(87)73-50(28-3)64(89)75(19)40-55(82)76(20)51(36-41(4)5)61(86)74-56(45(12)13)67(92)77(21)52(37-42(6)7)60(85)71-48(17)59(84)72-49(18)63(88)78(22)53(38-43(8)9)65(90)79(23)54(39-44(10)11)66(91)81(69)25/h27,30,41-54,56-58,70,83H,26,28-29,31-40H2,1-25H3,(H,71,85)(H,72,84)(H,73,87)(H,74,86)/b30-27+/t47-,48+,49-,50+,51+,52+,53+,54+,56+,57+,58-,69+/m1/s1. The summed E-state index contributed by atoms with van der Waals surface area (Å²) in [5.41, 5.74) is 0. The lowest BCUT2D eigenvalue weighted by Crippen LogP contribution is -2.68. The number of aliphatic hydroxyl groups excluding tert-OH is 1. The Morgan fingerprint density at radius 1 is 0.553 bits per heavy atom. The molecule has 1 aliphatic rings. The van der Waals surface area contributed by atoms with Gasteiger partial charge in [0.1, 0.15) is 54.4 Å². The summed E-state index contributed by atoms with van der Waals surface area (Å²) in [6.45, 7) is 32.9. The molecule has 1 heterocycles. The van der Waals surface area contributed by atoms with Crippen LogP contribution < -0.4 is 26.6 Å². The highest BCUT2D eigenvalue weighted by Crippen LogP contribution is 2.40. The highest BCUT2D eigenvalue weighted by atomic mass is 32.2. The summed E-state index contributed by atoms with van der Waals surface area (Å²) in [6, 6.07) is -11.3. The summed E-state index contributed by atoms with van der Waals surface area (Å²) in [4.78, 5) is 171. The van der Waals surface area contributed by atoms with E-state index in [4.69, 9.17) is 0 Å². The van der Waals surface area contributed by atoms with Gasteiger partial charge in [-0.2, -0.15) is 0 Å². The van der Waals surface area contributed by atoms with Gasteiger partial charge >= 0.3 is 0 Å². The van der Waals surface area contributed by atoms with E-state index in [1.807, 2.05) is 68.4 Å². The Labute approximate surface area is 569 Å². The predicted octanol–water partition coefficient (Wildman–Crippen LogP) is 5.11.